The summed E-state index contributed by atoms with van der Waals surface area (Å²) >= 11 is 0. The van der Waals surface area contributed by atoms with Gasteiger partial charge in [-0.3, -0.25) is 4.79 Å². The molecule has 1 amide bonds. The Bertz CT molecular complexity index is 179. The number of nitrogens with two attached hydrogens (primary N) is 1. The van der Waals surface area contributed by atoms with E-state index in [1.54, 1.807) is 6.08 Å². The molecular formula is C7H11NO3. The van der Waals surface area contributed by atoms with Crippen LogP contribution < -0.4 is 5.73 Å². The molecule has 0 aliphatic carbocycles. The summed E-state index contributed by atoms with van der Waals surface area (Å²) in [5.74, 6) is -0.448. The highest BCUT2D eigenvalue weighted by Crippen LogP contribution is 2.11. The Labute approximate surface area is 65.0 Å². The van der Waals surface area contributed by atoms with E-state index in [0.29, 0.717) is 6.42 Å². The Kier molecular flexibility index (Phi) is 2.62. The zero-order valence-corrected chi connectivity index (χ0v) is 6.32. The Morgan fingerprint density at radius 3 is 3.09 bits per heavy atom. The first-order valence-electron chi connectivity index (χ1n) is 3.38. The predicted molar refractivity (Wildman–Crippen MR) is 38.6 cm³/mol. The summed E-state index contributed by atoms with van der Waals surface area (Å²) in [4.78, 5) is 10.6. The summed E-state index contributed by atoms with van der Waals surface area (Å²) in [5.41, 5.74) is 5.03. The molecule has 4 heteroatoms. The fourth-order valence-electron chi connectivity index (χ4n) is 0.893. The average Bonchev–Trinajstić information content (AvgIpc) is 2.05. The van der Waals surface area contributed by atoms with E-state index in [4.69, 9.17) is 15.2 Å². The van der Waals surface area contributed by atoms with Crippen LogP contribution in [0.1, 0.15) is 6.42 Å². The van der Waals surface area contributed by atoms with Crippen molar-refractivity contribution in [3.05, 3.63) is 12.2 Å². The van der Waals surface area contributed by atoms with Gasteiger partial charge in [-0.15, -0.1) is 0 Å². The lowest BCUT2D eigenvalue weighted by atomic mass is 10.2. The molecule has 0 saturated carbocycles. The van der Waals surface area contributed by atoms with Crippen molar-refractivity contribution < 1.29 is 14.3 Å². The Morgan fingerprint density at radius 1 is 1.82 bits per heavy atom. The molecule has 0 aromatic carbocycles. The molecule has 0 aromatic rings. The highest BCUT2D eigenvalue weighted by atomic mass is 16.7. The van der Waals surface area contributed by atoms with Gasteiger partial charge in [0.1, 0.15) is 6.10 Å². The third-order valence-corrected chi connectivity index (χ3v) is 1.49. The number of carbonyl (C=O) groups excluding carboxylic acids is 1. The largest absolute Gasteiger partial charge is 0.367 e. The van der Waals surface area contributed by atoms with Crippen LogP contribution >= 0.6 is 0 Å². The lowest BCUT2D eigenvalue weighted by molar-refractivity contribution is -0.155. The van der Waals surface area contributed by atoms with Crippen LogP contribution in [-0.2, 0) is 14.3 Å². The van der Waals surface area contributed by atoms with Gasteiger partial charge in [-0.05, 0) is 6.08 Å². The molecular weight excluding hydrogens is 146 g/mol. The SMILES string of the molecule is COC1C=CCC(C(N)=O)O1. The predicted octanol–water partition coefficient (Wildman–Crippen LogP) is -0.211. The van der Waals surface area contributed by atoms with Gasteiger partial charge in [0.2, 0.25) is 5.91 Å². The van der Waals surface area contributed by atoms with Crippen molar-refractivity contribution in [1.82, 2.24) is 0 Å². The Balaban J connectivity index is 2.51. The average molecular weight is 157 g/mol. The zero-order chi connectivity index (χ0) is 8.27. The molecule has 0 aromatic heterocycles. The maximum atomic E-state index is 10.6. The molecule has 2 unspecified atom stereocenters. The Morgan fingerprint density at radius 2 is 2.55 bits per heavy atom. The molecule has 0 radical (unpaired) electrons. The van der Waals surface area contributed by atoms with Crippen LogP contribution in [0.5, 0.6) is 0 Å². The first-order chi connectivity index (χ1) is 5.24. The van der Waals surface area contributed by atoms with Gasteiger partial charge in [0, 0.05) is 13.5 Å². The minimum atomic E-state index is -0.537. The van der Waals surface area contributed by atoms with E-state index < -0.39 is 18.3 Å². The van der Waals surface area contributed by atoms with Crippen LogP contribution in [-0.4, -0.2) is 25.4 Å². The van der Waals surface area contributed by atoms with Crippen molar-refractivity contribution in [2.24, 2.45) is 5.73 Å². The first-order valence-corrected chi connectivity index (χ1v) is 3.38. The number of methoxy groups -OCH3 is 1. The first kappa shape index (κ1) is 8.23. The molecule has 4 nitrogen and oxygen atoms in total. The fraction of sp³-hybridized carbons (Fsp3) is 0.571. The van der Waals surface area contributed by atoms with Gasteiger partial charge in [0.25, 0.3) is 0 Å². The molecule has 11 heavy (non-hydrogen) atoms. The van der Waals surface area contributed by atoms with Gasteiger partial charge in [0.05, 0.1) is 0 Å². The van der Waals surface area contributed by atoms with Crippen molar-refractivity contribution in [3.8, 4) is 0 Å². The maximum Gasteiger partial charge on any atom is 0.247 e. The van der Waals surface area contributed by atoms with E-state index in [1.807, 2.05) is 6.08 Å². The van der Waals surface area contributed by atoms with Gasteiger partial charge >= 0.3 is 0 Å². The fourth-order valence-corrected chi connectivity index (χ4v) is 0.893. The van der Waals surface area contributed by atoms with E-state index in [2.05, 4.69) is 0 Å². The molecule has 0 bridgehead atoms. The molecule has 1 aliphatic heterocycles. The van der Waals surface area contributed by atoms with Crippen LogP contribution in [0.25, 0.3) is 0 Å². The third kappa shape index (κ3) is 2.03. The Hall–Kier alpha value is -0.870. The molecule has 1 heterocycles. The summed E-state index contributed by atoms with van der Waals surface area (Å²) in [5, 5.41) is 0. The lowest BCUT2D eigenvalue weighted by Gasteiger charge is -2.22. The summed E-state index contributed by atoms with van der Waals surface area (Å²) < 4.78 is 9.97. The van der Waals surface area contributed by atoms with E-state index >= 15 is 0 Å². The molecule has 62 valence electrons. The smallest absolute Gasteiger partial charge is 0.247 e. The topological polar surface area (TPSA) is 61.5 Å². The van der Waals surface area contributed by atoms with E-state index in [1.165, 1.54) is 7.11 Å². The monoisotopic (exact) mass is 157 g/mol. The summed E-state index contributed by atoms with van der Waals surface area (Å²) in [7, 11) is 1.51. The van der Waals surface area contributed by atoms with E-state index in [9.17, 15) is 4.79 Å². The summed E-state index contributed by atoms with van der Waals surface area (Å²) in [6.45, 7) is 0. The molecule has 2 atom stereocenters. The zero-order valence-electron chi connectivity index (χ0n) is 6.32. The summed E-state index contributed by atoms with van der Waals surface area (Å²) in [6, 6.07) is 0. The second-order valence-electron chi connectivity index (χ2n) is 2.30. The molecule has 0 spiro atoms. The molecule has 2 N–H and O–H groups in total. The minimum Gasteiger partial charge on any atom is -0.367 e. The third-order valence-electron chi connectivity index (χ3n) is 1.49. The number of hydrogen-bond acceptors (Lipinski definition) is 3. The van der Waals surface area contributed by atoms with Crippen molar-refractivity contribution in [2.75, 3.05) is 7.11 Å². The highest BCUT2D eigenvalue weighted by molar-refractivity contribution is 5.79. The second kappa shape index (κ2) is 3.50. The van der Waals surface area contributed by atoms with Gasteiger partial charge in [-0.2, -0.15) is 0 Å². The molecule has 1 aliphatic rings. The lowest BCUT2D eigenvalue weighted by Crippen LogP contribution is -2.36. The van der Waals surface area contributed by atoms with Gasteiger partial charge < -0.3 is 15.2 Å². The van der Waals surface area contributed by atoms with Crippen LogP contribution in [0.3, 0.4) is 0 Å². The minimum absolute atomic E-state index is 0.429. The van der Waals surface area contributed by atoms with Crippen molar-refractivity contribution in [3.63, 3.8) is 0 Å². The van der Waals surface area contributed by atoms with Crippen LogP contribution in [0.4, 0.5) is 0 Å². The molecule has 0 fully saturated rings. The second-order valence-corrected chi connectivity index (χ2v) is 2.30. The quantitative estimate of drug-likeness (QED) is 0.564. The van der Waals surface area contributed by atoms with Gasteiger partial charge in [-0.25, -0.2) is 0 Å². The van der Waals surface area contributed by atoms with Crippen LogP contribution in [0.2, 0.25) is 0 Å². The standard InChI is InChI=1S/C7H11NO3/c1-10-6-4-2-3-5(11-6)7(8)9/h2,4-6H,3H2,1H3,(H2,8,9). The van der Waals surface area contributed by atoms with E-state index in [-0.39, 0.29) is 0 Å². The van der Waals surface area contributed by atoms with Crippen molar-refractivity contribution >= 4 is 5.91 Å². The number of ether oxygens (including phenoxy) is 2. The number of carbonyl (C=O) groups is 1. The van der Waals surface area contributed by atoms with Gasteiger partial charge in [-0.1, -0.05) is 6.08 Å². The maximum absolute atomic E-state index is 10.6. The van der Waals surface area contributed by atoms with Gasteiger partial charge in [0.15, 0.2) is 6.29 Å². The van der Waals surface area contributed by atoms with Crippen LogP contribution in [0, 0.1) is 0 Å². The van der Waals surface area contributed by atoms with E-state index in [0.717, 1.165) is 0 Å². The number of amides is 1. The number of hydrogen-bond donors (Lipinski definition) is 1. The highest BCUT2D eigenvalue weighted by Gasteiger charge is 2.21. The molecule has 1 rings (SSSR count). The normalized spacial score (nSPS) is 30.3. The van der Waals surface area contributed by atoms with Crippen molar-refractivity contribution in [1.29, 1.82) is 0 Å². The number of rotatable bonds is 2. The van der Waals surface area contributed by atoms with Crippen LogP contribution in [0.15, 0.2) is 12.2 Å². The summed E-state index contributed by atoms with van der Waals surface area (Å²) in [6.07, 6.45) is 3.15. The number of primary amides is 1. The van der Waals surface area contributed by atoms with Crippen molar-refractivity contribution in [2.45, 2.75) is 18.8 Å². The molecule has 0 saturated heterocycles.